The molecular formula is C12H14F3N3O2S. The van der Waals surface area contributed by atoms with E-state index in [1.807, 2.05) is 0 Å². The number of sulfonamides is 1. The van der Waals surface area contributed by atoms with Crippen LogP contribution in [0, 0.1) is 0 Å². The molecule has 2 aromatic rings. The highest BCUT2D eigenvalue weighted by Gasteiger charge is 2.26. The number of hydrogen-bond donors (Lipinski definition) is 3. The first-order valence-corrected chi connectivity index (χ1v) is 7.60. The van der Waals surface area contributed by atoms with E-state index in [0.29, 0.717) is 16.6 Å². The normalized spacial score (nSPS) is 12.9. The maximum Gasteiger partial charge on any atom is 0.389 e. The van der Waals surface area contributed by atoms with Crippen LogP contribution in [0.1, 0.15) is 12.8 Å². The minimum atomic E-state index is -4.29. The Balaban J connectivity index is 2.11. The number of hydrogen-bond acceptors (Lipinski definition) is 3. The van der Waals surface area contributed by atoms with Crippen molar-refractivity contribution < 1.29 is 21.6 Å². The van der Waals surface area contributed by atoms with Crippen molar-refractivity contribution in [1.29, 1.82) is 0 Å². The van der Waals surface area contributed by atoms with Crippen LogP contribution in [0.2, 0.25) is 0 Å². The molecule has 21 heavy (non-hydrogen) atoms. The summed E-state index contributed by atoms with van der Waals surface area (Å²) in [7, 11) is -3.86. The van der Waals surface area contributed by atoms with Gasteiger partial charge in [0.1, 0.15) is 4.90 Å². The van der Waals surface area contributed by atoms with Crippen molar-refractivity contribution in [3.63, 3.8) is 0 Å². The summed E-state index contributed by atoms with van der Waals surface area (Å²) in [6.45, 7) is -0.274. The lowest BCUT2D eigenvalue weighted by Gasteiger charge is -2.07. The van der Waals surface area contributed by atoms with Crippen molar-refractivity contribution in [3.05, 3.63) is 24.4 Å². The van der Waals surface area contributed by atoms with Crippen LogP contribution in [0.15, 0.2) is 29.3 Å². The molecule has 0 saturated carbocycles. The molecule has 0 fully saturated rings. The van der Waals surface area contributed by atoms with Crippen LogP contribution in [-0.2, 0) is 10.0 Å². The molecule has 5 nitrogen and oxygen atoms in total. The minimum Gasteiger partial charge on any atom is -0.399 e. The van der Waals surface area contributed by atoms with E-state index in [0.717, 1.165) is 0 Å². The quantitative estimate of drug-likeness (QED) is 0.583. The predicted molar refractivity (Wildman–Crippen MR) is 73.2 cm³/mol. The van der Waals surface area contributed by atoms with Gasteiger partial charge in [-0.2, -0.15) is 13.2 Å². The fourth-order valence-electron chi connectivity index (χ4n) is 1.91. The van der Waals surface area contributed by atoms with Crippen molar-refractivity contribution in [2.75, 3.05) is 12.3 Å². The zero-order valence-corrected chi connectivity index (χ0v) is 11.7. The zero-order valence-electron chi connectivity index (χ0n) is 10.9. The molecule has 1 aromatic heterocycles. The third kappa shape index (κ3) is 3.88. The molecule has 0 unspecified atom stereocenters. The van der Waals surface area contributed by atoms with Gasteiger partial charge in [-0.15, -0.1) is 0 Å². The second-order valence-corrected chi connectivity index (χ2v) is 6.31. The number of aromatic nitrogens is 1. The smallest absolute Gasteiger partial charge is 0.389 e. The molecule has 4 N–H and O–H groups in total. The summed E-state index contributed by atoms with van der Waals surface area (Å²) < 4.78 is 62.3. The van der Waals surface area contributed by atoms with Gasteiger partial charge in [-0.25, -0.2) is 13.1 Å². The third-order valence-electron chi connectivity index (χ3n) is 2.89. The zero-order chi connectivity index (χ0) is 15.7. The summed E-state index contributed by atoms with van der Waals surface area (Å²) in [4.78, 5) is 2.76. The highest BCUT2D eigenvalue weighted by atomic mass is 32.2. The molecule has 1 aromatic carbocycles. The number of halogens is 3. The molecule has 0 aliphatic carbocycles. The molecule has 0 amide bonds. The SMILES string of the molecule is Nc1ccc2c(S(=O)(=O)NCCCC(F)(F)F)c[nH]c2c1. The number of aromatic amines is 1. The van der Waals surface area contributed by atoms with Gasteiger partial charge < -0.3 is 10.7 Å². The molecule has 0 aliphatic rings. The Morgan fingerprint density at radius 3 is 2.67 bits per heavy atom. The molecular weight excluding hydrogens is 307 g/mol. The summed E-state index contributed by atoms with van der Waals surface area (Å²) in [6.07, 6.45) is -4.34. The number of H-pyrrole nitrogens is 1. The number of nitrogens with one attached hydrogen (secondary N) is 2. The standard InChI is InChI=1S/C12H14F3N3O2S/c13-12(14,15)4-1-5-18-21(19,20)11-7-17-10-6-8(16)2-3-9(10)11/h2-3,6-7,17-18H,1,4-5,16H2. The van der Waals surface area contributed by atoms with Gasteiger partial charge in [-0.3, -0.25) is 0 Å². The summed E-state index contributed by atoms with van der Waals surface area (Å²) >= 11 is 0. The van der Waals surface area contributed by atoms with Crippen LogP contribution in [0.25, 0.3) is 10.9 Å². The van der Waals surface area contributed by atoms with E-state index in [4.69, 9.17) is 5.73 Å². The van der Waals surface area contributed by atoms with Gasteiger partial charge in [0.2, 0.25) is 10.0 Å². The van der Waals surface area contributed by atoms with E-state index in [1.54, 1.807) is 18.2 Å². The van der Waals surface area contributed by atoms with Crippen LogP contribution in [0.4, 0.5) is 18.9 Å². The molecule has 2 rings (SSSR count). The Hall–Kier alpha value is -1.74. The first-order valence-electron chi connectivity index (χ1n) is 6.12. The maximum atomic E-state index is 12.1. The molecule has 1 heterocycles. The van der Waals surface area contributed by atoms with Crippen LogP contribution >= 0.6 is 0 Å². The van der Waals surface area contributed by atoms with E-state index in [9.17, 15) is 21.6 Å². The van der Waals surface area contributed by atoms with E-state index < -0.39 is 22.6 Å². The highest BCUT2D eigenvalue weighted by molar-refractivity contribution is 7.89. The van der Waals surface area contributed by atoms with Crippen molar-refractivity contribution >= 4 is 26.6 Å². The van der Waals surface area contributed by atoms with Crippen LogP contribution in [0.3, 0.4) is 0 Å². The number of alkyl halides is 3. The molecule has 0 aliphatic heterocycles. The Morgan fingerprint density at radius 1 is 1.29 bits per heavy atom. The Morgan fingerprint density at radius 2 is 2.00 bits per heavy atom. The van der Waals surface area contributed by atoms with Crippen molar-refractivity contribution in [2.24, 2.45) is 0 Å². The topological polar surface area (TPSA) is 88.0 Å². The van der Waals surface area contributed by atoms with E-state index in [1.165, 1.54) is 6.20 Å². The average molecular weight is 321 g/mol. The molecule has 116 valence electrons. The molecule has 0 saturated heterocycles. The van der Waals surface area contributed by atoms with Crippen LogP contribution < -0.4 is 10.5 Å². The van der Waals surface area contributed by atoms with Gasteiger partial charge in [-0.05, 0) is 24.6 Å². The first-order chi connectivity index (χ1) is 9.69. The second-order valence-electron chi connectivity index (χ2n) is 4.57. The summed E-state index contributed by atoms with van der Waals surface area (Å²) in [5, 5.41) is 0.438. The molecule has 0 atom stereocenters. The van der Waals surface area contributed by atoms with Gasteiger partial charge in [0.05, 0.1) is 0 Å². The van der Waals surface area contributed by atoms with E-state index >= 15 is 0 Å². The Labute approximate surface area is 119 Å². The maximum absolute atomic E-state index is 12.1. The van der Waals surface area contributed by atoms with E-state index in [2.05, 4.69) is 9.71 Å². The number of fused-ring (bicyclic) bond motifs is 1. The van der Waals surface area contributed by atoms with Crippen molar-refractivity contribution in [3.8, 4) is 0 Å². The Kier molecular flexibility index (Phi) is 4.15. The number of rotatable bonds is 5. The lowest BCUT2D eigenvalue weighted by Crippen LogP contribution is -2.25. The lowest BCUT2D eigenvalue weighted by molar-refractivity contribution is -0.135. The largest absolute Gasteiger partial charge is 0.399 e. The van der Waals surface area contributed by atoms with Gasteiger partial charge >= 0.3 is 6.18 Å². The van der Waals surface area contributed by atoms with Crippen molar-refractivity contribution in [1.82, 2.24) is 9.71 Å². The molecule has 9 heteroatoms. The van der Waals surface area contributed by atoms with Crippen LogP contribution in [0.5, 0.6) is 0 Å². The molecule has 0 radical (unpaired) electrons. The van der Waals surface area contributed by atoms with E-state index in [-0.39, 0.29) is 17.9 Å². The van der Waals surface area contributed by atoms with Gasteiger partial charge in [-0.1, -0.05) is 0 Å². The lowest BCUT2D eigenvalue weighted by atomic mass is 10.2. The fourth-order valence-corrected chi connectivity index (χ4v) is 3.16. The number of nitrogen functional groups attached to an aromatic ring is 1. The minimum absolute atomic E-state index is 0.00971. The Bertz CT molecular complexity index is 738. The number of benzene rings is 1. The van der Waals surface area contributed by atoms with Gasteiger partial charge in [0.15, 0.2) is 0 Å². The van der Waals surface area contributed by atoms with Gasteiger partial charge in [0.25, 0.3) is 0 Å². The number of anilines is 1. The number of nitrogens with two attached hydrogens (primary N) is 1. The second kappa shape index (κ2) is 5.57. The summed E-state index contributed by atoms with van der Waals surface area (Å²) in [5.41, 5.74) is 6.61. The average Bonchev–Trinajstić information content (AvgIpc) is 2.77. The highest BCUT2D eigenvalue weighted by Crippen LogP contribution is 2.25. The predicted octanol–water partition coefficient (Wildman–Crippen LogP) is 2.37. The fraction of sp³-hybridized carbons (Fsp3) is 0.333. The molecule has 0 bridgehead atoms. The molecule has 0 spiro atoms. The van der Waals surface area contributed by atoms with Crippen molar-refractivity contribution in [2.45, 2.75) is 23.9 Å². The summed E-state index contributed by atoms with van der Waals surface area (Å²) in [5.74, 6) is 0. The van der Waals surface area contributed by atoms with Crippen LogP contribution in [-0.4, -0.2) is 26.1 Å². The first kappa shape index (κ1) is 15.6. The monoisotopic (exact) mass is 321 g/mol. The van der Waals surface area contributed by atoms with Gasteiger partial charge in [0, 0.05) is 35.8 Å². The summed E-state index contributed by atoms with van der Waals surface area (Å²) in [6, 6.07) is 4.68. The third-order valence-corrected chi connectivity index (χ3v) is 4.39.